The molecule has 8 heteroatoms. The lowest BCUT2D eigenvalue weighted by molar-refractivity contribution is 0.0944. The molecule has 1 atom stereocenters. The highest BCUT2D eigenvalue weighted by Gasteiger charge is 2.17. The number of benzene rings is 1. The summed E-state index contributed by atoms with van der Waals surface area (Å²) in [4.78, 5) is 16.3. The van der Waals surface area contributed by atoms with Crippen LogP contribution in [-0.4, -0.2) is 33.8 Å². The molecule has 1 aromatic carbocycles. The molecule has 4 rings (SSSR count). The number of hydrogen-bond acceptors (Lipinski definition) is 5. The van der Waals surface area contributed by atoms with Crippen molar-refractivity contribution >= 4 is 5.91 Å². The predicted octanol–water partition coefficient (Wildman–Crippen LogP) is 3.06. The maximum absolute atomic E-state index is 14.3. The SMILES string of the molecule is O=C(NCc1ccc(Oc2cccnc2)c(F)c1)c1ccn(C2CCCNC2)n1. The van der Waals surface area contributed by atoms with Gasteiger partial charge in [0.25, 0.3) is 5.91 Å². The average molecular weight is 395 g/mol. The van der Waals surface area contributed by atoms with Crippen LogP contribution in [0.5, 0.6) is 11.5 Å². The minimum atomic E-state index is -0.505. The Morgan fingerprint density at radius 3 is 3.03 bits per heavy atom. The quantitative estimate of drug-likeness (QED) is 0.671. The van der Waals surface area contributed by atoms with Crippen molar-refractivity contribution in [3.63, 3.8) is 0 Å². The minimum Gasteiger partial charge on any atom is -0.453 e. The molecule has 0 bridgehead atoms. The molecular weight excluding hydrogens is 373 g/mol. The molecule has 1 saturated heterocycles. The third kappa shape index (κ3) is 4.78. The number of nitrogens with zero attached hydrogens (tertiary/aromatic N) is 3. The zero-order valence-corrected chi connectivity index (χ0v) is 15.8. The van der Waals surface area contributed by atoms with E-state index >= 15 is 0 Å². The van der Waals surface area contributed by atoms with E-state index < -0.39 is 5.82 Å². The first kappa shape index (κ1) is 19.1. The summed E-state index contributed by atoms with van der Waals surface area (Å²) in [5.41, 5.74) is 0.984. The fraction of sp³-hybridized carbons (Fsp3) is 0.286. The highest BCUT2D eigenvalue weighted by atomic mass is 19.1. The predicted molar refractivity (Wildman–Crippen MR) is 105 cm³/mol. The zero-order valence-electron chi connectivity index (χ0n) is 15.8. The maximum Gasteiger partial charge on any atom is 0.272 e. The highest BCUT2D eigenvalue weighted by molar-refractivity contribution is 5.92. The van der Waals surface area contributed by atoms with Crippen LogP contribution in [0.1, 0.15) is 34.9 Å². The van der Waals surface area contributed by atoms with E-state index in [1.54, 1.807) is 30.5 Å². The van der Waals surface area contributed by atoms with Gasteiger partial charge in [0.15, 0.2) is 11.6 Å². The fourth-order valence-electron chi connectivity index (χ4n) is 3.27. The first-order chi connectivity index (χ1) is 14.2. The first-order valence-corrected chi connectivity index (χ1v) is 9.59. The van der Waals surface area contributed by atoms with E-state index in [4.69, 9.17) is 4.74 Å². The molecule has 1 amide bonds. The van der Waals surface area contributed by atoms with Gasteiger partial charge in [-0.3, -0.25) is 14.5 Å². The number of rotatable bonds is 6. The number of amides is 1. The van der Waals surface area contributed by atoms with Crippen LogP contribution in [0.25, 0.3) is 0 Å². The Bertz CT molecular complexity index is 970. The van der Waals surface area contributed by atoms with E-state index in [0.29, 0.717) is 17.0 Å². The van der Waals surface area contributed by atoms with Gasteiger partial charge in [0.05, 0.1) is 12.2 Å². The van der Waals surface area contributed by atoms with Gasteiger partial charge in [0, 0.05) is 25.5 Å². The molecule has 0 aliphatic carbocycles. The Hall–Kier alpha value is -3.26. The number of halogens is 1. The molecule has 0 radical (unpaired) electrons. The molecule has 29 heavy (non-hydrogen) atoms. The smallest absolute Gasteiger partial charge is 0.272 e. The fourth-order valence-corrected chi connectivity index (χ4v) is 3.27. The van der Waals surface area contributed by atoms with Gasteiger partial charge in [-0.2, -0.15) is 5.10 Å². The van der Waals surface area contributed by atoms with Crippen LogP contribution in [0.15, 0.2) is 55.0 Å². The lowest BCUT2D eigenvalue weighted by Gasteiger charge is -2.22. The molecule has 0 saturated carbocycles. The normalized spacial score (nSPS) is 16.4. The molecule has 3 heterocycles. The minimum absolute atomic E-state index is 0.105. The van der Waals surface area contributed by atoms with Gasteiger partial charge in [-0.15, -0.1) is 0 Å². The van der Waals surface area contributed by atoms with E-state index in [2.05, 4.69) is 20.7 Å². The Labute approximate surface area is 167 Å². The van der Waals surface area contributed by atoms with Crippen LogP contribution in [-0.2, 0) is 6.54 Å². The molecule has 0 spiro atoms. The van der Waals surface area contributed by atoms with Crippen LogP contribution >= 0.6 is 0 Å². The van der Waals surface area contributed by atoms with Gasteiger partial charge in [-0.05, 0) is 55.3 Å². The number of hydrogen-bond donors (Lipinski definition) is 2. The molecule has 7 nitrogen and oxygen atoms in total. The molecule has 1 fully saturated rings. The monoisotopic (exact) mass is 395 g/mol. The topological polar surface area (TPSA) is 81.1 Å². The summed E-state index contributed by atoms with van der Waals surface area (Å²) < 4.78 is 21.6. The van der Waals surface area contributed by atoms with Gasteiger partial charge < -0.3 is 15.4 Å². The summed E-state index contributed by atoms with van der Waals surface area (Å²) in [7, 11) is 0. The largest absolute Gasteiger partial charge is 0.453 e. The summed E-state index contributed by atoms with van der Waals surface area (Å²) in [6, 6.07) is 9.97. The van der Waals surface area contributed by atoms with Gasteiger partial charge >= 0.3 is 0 Å². The number of ether oxygens (including phenoxy) is 1. The van der Waals surface area contributed by atoms with Gasteiger partial charge in [-0.1, -0.05) is 6.07 Å². The Balaban J connectivity index is 1.34. The van der Waals surface area contributed by atoms with Crippen LogP contribution in [0.3, 0.4) is 0 Å². The molecule has 2 aromatic heterocycles. The molecule has 2 N–H and O–H groups in total. The van der Waals surface area contributed by atoms with Crippen LogP contribution in [0, 0.1) is 5.82 Å². The molecule has 1 aliphatic rings. The average Bonchev–Trinajstić information content (AvgIpc) is 3.26. The number of aromatic nitrogens is 3. The summed E-state index contributed by atoms with van der Waals surface area (Å²) in [6.07, 6.45) is 7.09. The Kier molecular flexibility index (Phi) is 5.81. The maximum atomic E-state index is 14.3. The number of piperidine rings is 1. The second-order valence-electron chi connectivity index (χ2n) is 6.92. The zero-order chi connectivity index (χ0) is 20.1. The molecule has 1 aliphatic heterocycles. The standard InChI is InChI=1S/C21H22FN5O2/c22-18-11-15(5-6-20(18)29-17-4-2-9-24-14-17)12-25-21(28)19-7-10-27(26-19)16-3-1-8-23-13-16/h2,4-7,9-11,14,16,23H,1,3,8,12-13H2,(H,25,28). The van der Waals surface area contributed by atoms with Crippen molar-refractivity contribution in [2.45, 2.75) is 25.4 Å². The molecule has 1 unspecified atom stereocenters. The second-order valence-corrected chi connectivity index (χ2v) is 6.92. The van der Waals surface area contributed by atoms with Crippen molar-refractivity contribution in [2.24, 2.45) is 0 Å². The third-order valence-corrected chi connectivity index (χ3v) is 4.80. The van der Waals surface area contributed by atoms with Crippen LogP contribution in [0.2, 0.25) is 0 Å². The highest BCUT2D eigenvalue weighted by Crippen LogP contribution is 2.24. The van der Waals surface area contributed by atoms with Crippen LogP contribution in [0.4, 0.5) is 4.39 Å². The Morgan fingerprint density at radius 2 is 2.28 bits per heavy atom. The van der Waals surface area contributed by atoms with Gasteiger partial charge in [0.2, 0.25) is 0 Å². The van der Waals surface area contributed by atoms with E-state index in [-0.39, 0.29) is 24.2 Å². The van der Waals surface area contributed by atoms with Crippen LogP contribution < -0.4 is 15.4 Å². The number of carbonyl (C=O) groups excluding carboxylic acids is 1. The summed E-state index contributed by atoms with van der Waals surface area (Å²) in [5.74, 6) is -0.234. The first-order valence-electron chi connectivity index (χ1n) is 9.59. The number of nitrogens with one attached hydrogen (secondary N) is 2. The summed E-state index contributed by atoms with van der Waals surface area (Å²) in [6.45, 7) is 2.07. The van der Waals surface area contributed by atoms with Crippen molar-refractivity contribution in [2.75, 3.05) is 13.1 Å². The van der Waals surface area contributed by atoms with E-state index in [0.717, 1.165) is 25.9 Å². The number of pyridine rings is 1. The van der Waals surface area contributed by atoms with Crippen molar-refractivity contribution < 1.29 is 13.9 Å². The van der Waals surface area contributed by atoms with Crippen molar-refractivity contribution in [1.82, 2.24) is 25.4 Å². The second kappa shape index (κ2) is 8.83. The summed E-state index contributed by atoms with van der Waals surface area (Å²) in [5, 5.41) is 10.5. The third-order valence-electron chi connectivity index (χ3n) is 4.80. The van der Waals surface area contributed by atoms with Gasteiger partial charge in [0.1, 0.15) is 11.4 Å². The van der Waals surface area contributed by atoms with E-state index in [1.165, 1.54) is 18.3 Å². The molecule has 3 aromatic rings. The van der Waals surface area contributed by atoms with Crippen molar-refractivity contribution in [3.05, 3.63) is 72.1 Å². The molecule has 150 valence electrons. The lowest BCUT2D eigenvalue weighted by Crippen LogP contribution is -2.32. The molecular formula is C21H22FN5O2. The lowest BCUT2D eigenvalue weighted by atomic mass is 10.1. The Morgan fingerprint density at radius 1 is 1.34 bits per heavy atom. The van der Waals surface area contributed by atoms with Crippen molar-refractivity contribution in [1.29, 1.82) is 0 Å². The van der Waals surface area contributed by atoms with Crippen molar-refractivity contribution in [3.8, 4) is 11.5 Å². The summed E-state index contributed by atoms with van der Waals surface area (Å²) >= 11 is 0. The number of carbonyl (C=O) groups is 1. The van der Waals surface area contributed by atoms with E-state index in [1.807, 2.05) is 10.9 Å². The van der Waals surface area contributed by atoms with Gasteiger partial charge in [-0.25, -0.2) is 4.39 Å². The van der Waals surface area contributed by atoms with E-state index in [9.17, 15) is 9.18 Å².